The number of carbonyl (C=O) groups is 2. The van der Waals surface area contributed by atoms with Gasteiger partial charge in [0.2, 0.25) is 10.0 Å². The van der Waals surface area contributed by atoms with E-state index >= 15 is 0 Å². The second-order valence-corrected chi connectivity index (χ2v) is 8.51. The highest BCUT2D eigenvalue weighted by Gasteiger charge is 2.28. The molecule has 1 fully saturated rings. The molecular formula is C17H24N2O5S. The fourth-order valence-corrected chi connectivity index (χ4v) is 3.74. The third-order valence-electron chi connectivity index (χ3n) is 3.94. The number of carboxylic acids is 1. The number of rotatable bonds is 9. The number of hydrogen-bond acceptors (Lipinski definition) is 4. The Morgan fingerprint density at radius 2 is 1.80 bits per heavy atom. The Hall–Kier alpha value is -1.93. The minimum atomic E-state index is -3.55. The first-order valence-corrected chi connectivity index (χ1v) is 9.80. The lowest BCUT2D eigenvalue weighted by molar-refractivity contribution is -0.142. The van der Waals surface area contributed by atoms with Gasteiger partial charge in [0.1, 0.15) is 0 Å². The Bertz CT molecular complexity index is 724. The van der Waals surface area contributed by atoms with Gasteiger partial charge < -0.3 is 10.4 Å². The number of aliphatic carboxylic acids is 1. The Kier molecular flexibility index (Phi) is 6.18. The van der Waals surface area contributed by atoms with Crippen LogP contribution < -0.4 is 10.0 Å². The van der Waals surface area contributed by atoms with Crippen LogP contribution in [-0.2, 0) is 14.8 Å². The predicted octanol–water partition coefficient (Wildman–Crippen LogP) is 1.60. The van der Waals surface area contributed by atoms with Gasteiger partial charge in [-0.2, -0.15) is 0 Å². The maximum absolute atomic E-state index is 12.1. The van der Waals surface area contributed by atoms with Gasteiger partial charge in [-0.3, -0.25) is 9.59 Å². The van der Waals surface area contributed by atoms with Gasteiger partial charge in [0, 0.05) is 18.2 Å². The number of nitrogens with one attached hydrogen (secondary N) is 2. The zero-order valence-electron chi connectivity index (χ0n) is 14.4. The summed E-state index contributed by atoms with van der Waals surface area (Å²) in [6.45, 7) is 3.88. The molecule has 2 rings (SSSR count). The van der Waals surface area contributed by atoms with Gasteiger partial charge >= 0.3 is 5.97 Å². The molecule has 8 heteroatoms. The third kappa shape index (κ3) is 5.82. The van der Waals surface area contributed by atoms with Gasteiger partial charge in [-0.1, -0.05) is 13.8 Å². The van der Waals surface area contributed by atoms with Crippen molar-refractivity contribution in [2.75, 3.05) is 6.54 Å². The van der Waals surface area contributed by atoms with Crippen LogP contribution in [0, 0.1) is 11.8 Å². The third-order valence-corrected chi connectivity index (χ3v) is 5.48. The van der Waals surface area contributed by atoms with Gasteiger partial charge in [-0.25, -0.2) is 13.1 Å². The summed E-state index contributed by atoms with van der Waals surface area (Å²) in [5, 5.41) is 11.8. The van der Waals surface area contributed by atoms with E-state index in [2.05, 4.69) is 10.0 Å². The quantitative estimate of drug-likeness (QED) is 0.613. The van der Waals surface area contributed by atoms with Crippen LogP contribution in [0.5, 0.6) is 0 Å². The molecule has 1 aromatic rings. The summed E-state index contributed by atoms with van der Waals surface area (Å²) >= 11 is 0. The van der Waals surface area contributed by atoms with E-state index < -0.39 is 27.8 Å². The lowest BCUT2D eigenvalue weighted by atomic mass is 9.97. The van der Waals surface area contributed by atoms with Crippen molar-refractivity contribution in [2.45, 2.75) is 44.0 Å². The van der Waals surface area contributed by atoms with Crippen LogP contribution in [0.25, 0.3) is 0 Å². The summed E-state index contributed by atoms with van der Waals surface area (Å²) in [5.41, 5.74) is 0.291. The smallest absolute Gasteiger partial charge is 0.308 e. The summed E-state index contributed by atoms with van der Waals surface area (Å²) in [6.07, 6.45) is 2.17. The molecule has 0 bridgehead atoms. The lowest BCUT2D eigenvalue weighted by Gasteiger charge is -2.15. The summed E-state index contributed by atoms with van der Waals surface area (Å²) in [5.74, 6) is -1.80. The Morgan fingerprint density at radius 3 is 2.28 bits per heavy atom. The Morgan fingerprint density at radius 1 is 1.20 bits per heavy atom. The van der Waals surface area contributed by atoms with Crippen LogP contribution in [0.1, 0.15) is 43.5 Å². The first-order valence-electron chi connectivity index (χ1n) is 8.32. The average molecular weight is 368 g/mol. The topological polar surface area (TPSA) is 113 Å². The molecule has 138 valence electrons. The summed E-state index contributed by atoms with van der Waals surface area (Å²) < 4.78 is 26.7. The SMILES string of the molecule is CC(C)CC(CNC(=O)c1ccc(S(=O)(=O)NC2CC2)cc1)C(=O)O. The molecule has 25 heavy (non-hydrogen) atoms. The van der Waals surface area contributed by atoms with Crippen LogP contribution in [-0.4, -0.2) is 38.0 Å². The van der Waals surface area contributed by atoms with E-state index in [-0.39, 0.29) is 23.4 Å². The number of hydrogen-bond donors (Lipinski definition) is 3. The first kappa shape index (κ1) is 19.4. The Labute approximate surface area is 147 Å². The van der Waals surface area contributed by atoms with Crippen LogP contribution in [0.4, 0.5) is 0 Å². The van der Waals surface area contributed by atoms with E-state index in [4.69, 9.17) is 0 Å². The van der Waals surface area contributed by atoms with Crippen LogP contribution >= 0.6 is 0 Å². The molecule has 1 amide bonds. The molecule has 1 saturated carbocycles. The highest BCUT2D eigenvalue weighted by Crippen LogP contribution is 2.22. The molecular weight excluding hydrogens is 344 g/mol. The molecule has 1 aliphatic rings. The van der Waals surface area contributed by atoms with E-state index in [9.17, 15) is 23.1 Å². The fourth-order valence-electron chi connectivity index (χ4n) is 2.43. The van der Waals surface area contributed by atoms with E-state index in [0.29, 0.717) is 12.0 Å². The van der Waals surface area contributed by atoms with Gasteiger partial charge in [-0.15, -0.1) is 0 Å². The number of amides is 1. The molecule has 1 aromatic carbocycles. The average Bonchev–Trinajstić information content (AvgIpc) is 3.34. The maximum atomic E-state index is 12.1. The maximum Gasteiger partial charge on any atom is 0.308 e. The lowest BCUT2D eigenvalue weighted by Crippen LogP contribution is -2.33. The highest BCUT2D eigenvalue weighted by molar-refractivity contribution is 7.89. The standard InChI is InChI=1S/C17H24N2O5S/c1-11(2)9-13(17(21)22)10-18-16(20)12-3-7-15(8-4-12)25(23,24)19-14-5-6-14/h3-4,7-8,11,13-14,19H,5-6,9-10H2,1-2H3,(H,18,20)(H,21,22). The predicted molar refractivity (Wildman–Crippen MR) is 92.7 cm³/mol. The van der Waals surface area contributed by atoms with E-state index in [1.165, 1.54) is 24.3 Å². The minimum absolute atomic E-state index is 0.0156. The molecule has 7 nitrogen and oxygen atoms in total. The molecule has 1 atom stereocenters. The van der Waals surface area contributed by atoms with Crippen molar-refractivity contribution in [1.82, 2.24) is 10.0 Å². The van der Waals surface area contributed by atoms with Crippen LogP contribution in [0.2, 0.25) is 0 Å². The summed E-state index contributed by atoms with van der Waals surface area (Å²) in [7, 11) is -3.55. The van der Waals surface area contributed by atoms with Crippen molar-refractivity contribution in [3.63, 3.8) is 0 Å². The summed E-state index contributed by atoms with van der Waals surface area (Å²) in [4.78, 5) is 23.5. The number of carbonyl (C=O) groups excluding carboxylic acids is 1. The van der Waals surface area contributed by atoms with E-state index in [1.807, 2.05) is 13.8 Å². The second-order valence-electron chi connectivity index (χ2n) is 6.79. The van der Waals surface area contributed by atoms with Crippen molar-refractivity contribution >= 4 is 21.9 Å². The van der Waals surface area contributed by atoms with Crippen molar-refractivity contribution in [1.29, 1.82) is 0 Å². The number of sulfonamides is 1. The molecule has 0 heterocycles. The van der Waals surface area contributed by atoms with E-state index in [0.717, 1.165) is 12.8 Å². The van der Waals surface area contributed by atoms with Crippen LogP contribution in [0.3, 0.4) is 0 Å². The molecule has 0 radical (unpaired) electrons. The summed E-state index contributed by atoms with van der Waals surface area (Å²) in [6, 6.07) is 5.62. The molecule has 0 aromatic heterocycles. The fraction of sp³-hybridized carbons (Fsp3) is 0.529. The molecule has 1 unspecified atom stereocenters. The van der Waals surface area contributed by atoms with Crippen LogP contribution in [0.15, 0.2) is 29.2 Å². The molecule has 0 spiro atoms. The zero-order chi connectivity index (χ0) is 18.6. The normalized spacial score (nSPS) is 15.8. The van der Waals surface area contributed by atoms with Gasteiger partial charge in [0.15, 0.2) is 0 Å². The van der Waals surface area contributed by atoms with Crippen molar-refractivity contribution in [3.05, 3.63) is 29.8 Å². The van der Waals surface area contributed by atoms with Gasteiger partial charge in [0.05, 0.1) is 10.8 Å². The zero-order valence-corrected chi connectivity index (χ0v) is 15.2. The Balaban J connectivity index is 1.96. The first-order chi connectivity index (χ1) is 11.7. The monoisotopic (exact) mass is 368 g/mol. The molecule has 3 N–H and O–H groups in total. The minimum Gasteiger partial charge on any atom is -0.481 e. The molecule has 0 aliphatic heterocycles. The number of benzene rings is 1. The van der Waals surface area contributed by atoms with Crippen molar-refractivity contribution in [3.8, 4) is 0 Å². The molecule has 1 aliphatic carbocycles. The highest BCUT2D eigenvalue weighted by atomic mass is 32.2. The molecule has 0 saturated heterocycles. The largest absolute Gasteiger partial charge is 0.481 e. The van der Waals surface area contributed by atoms with Crippen molar-refractivity contribution in [2.24, 2.45) is 11.8 Å². The second kappa shape index (κ2) is 7.97. The van der Waals surface area contributed by atoms with Gasteiger partial charge in [0.25, 0.3) is 5.91 Å². The number of carboxylic acid groups (broad SMARTS) is 1. The van der Waals surface area contributed by atoms with Gasteiger partial charge in [-0.05, 0) is 49.4 Å². The van der Waals surface area contributed by atoms with Crippen molar-refractivity contribution < 1.29 is 23.1 Å². The van der Waals surface area contributed by atoms with E-state index in [1.54, 1.807) is 0 Å².